The highest BCUT2D eigenvalue weighted by Gasteiger charge is 2.19. The molecule has 1 saturated heterocycles. The van der Waals surface area contributed by atoms with Crippen molar-refractivity contribution in [2.24, 2.45) is 0 Å². The van der Waals surface area contributed by atoms with Crippen molar-refractivity contribution in [2.45, 2.75) is 6.42 Å². The minimum atomic E-state index is 0.320. The van der Waals surface area contributed by atoms with E-state index in [2.05, 4.69) is 4.90 Å². The first-order valence-corrected chi connectivity index (χ1v) is 4.70. The van der Waals surface area contributed by atoms with Crippen LogP contribution < -0.4 is 9.64 Å². The van der Waals surface area contributed by atoms with E-state index in [0.29, 0.717) is 18.7 Å². The quantitative estimate of drug-likeness (QED) is 0.709. The van der Waals surface area contributed by atoms with Crippen molar-refractivity contribution in [2.75, 3.05) is 25.1 Å². The zero-order chi connectivity index (χ0) is 9.97. The van der Waals surface area contributed by atoms with Gasteiger partial charge in [-0.05, 0) is 24.3 Å². The van der Waals surface area contributed by atoms with Crippen LogP contribution >= 0.6 is 0 Å². The van der Waals surface area contributed by atoms with Crippen LogP contribution in [-0.2, 0) is 4.79 Å². The van der Waals surface area contributed by atoms with E-state index >= 15 is 0 Å². The number of rotatable bonds is 2. The second-order valence-corrected chi connectivity index (χ2v) is 3.41. The Bertz CT molecular complexity index is 332. The lowest BCUT2D eigenvalue weighted by Crippen LogP contribution is -2.19. The number of anilines is 1. The number of benzene rings is 1. The first-order chi connectivity index (χ1) is 6.79. The largest absolute Gasteiger partial charge is 0.497 e. The zero-order valence-corrected chi connectivity index (χ0v) is 8.19. The van der Waals surface area contributed by atoms with Gasteiger partial charge in [0.25, 0.3) is 0 Å². The summed E-state index contributed by atoms with van der Waals surface area (Å²) in [6, 6.07) is 7.80. The SMILES string of the molecule is COc1ccc(N2CCC(=O)C2)cc1. The summed E-state index contributed by atoms with van der Waals surface area (Å²) in [5.41, 5.74) is 1.09. The summed E-state index contributed by atoms with van der Waals surface area (Å²) in [5.74, 6) is 1.17. The zero-order valence-electron chi connectivity index (χ0n) is 8.19. The molecule has 0 saturated carbocycles. The van der Waals surface area contributed by atoms with E-state index in [1.165, 1.54) is 0 Å². The Labute approximate surface area is 83.3 Å². The van der Waals surface area contributed by atoms with Gasteiger partial charge in [-0.25, -0.2) is 0 Å². The number of carbonyl (C=O) groups is 1. The van der Waals surface area contributed by atoms with Crippen LogP contribution in [0, 0.1) is 0 Å². The third-order valence-corrected chi connectivity index (χ3v) is 2.47. The molecule has 1 aliphatic heterocycles. The molecule has 14 heavy (non-hydrogen) atoms. The van der Waals surface area contributed by atoms with Crippen LogP contribution in [0.25, 0.3) is 0 Å². The fourth-order valence-electron chi connectivity index (χ4n) is 1.64. The molecule has 0 aliphatic carbocycles. The van der Waals surface area contributed by atoms with Crippen LogP contribution in [0.2, 0.25) is 0 Å². The van der Waals surface area contributed by atoms with Gasteiger partial charge < -0.3 is 9.64 Å². The second kappa shape index (κ2) is 3.70. The molecule has 0 atom stereocenters. The van der Waals surface area contributed by atoms with Crippen LogP contribution in [-0.4, -0.2) is 26.0 Å². The van der Waals surface area contributed by atoms with Crippen molar-refractivity contribution >= 4 is 11.5 Å². The van der Waals surface area contributed by atoms with Crippen molar-refractivity contribution in [1.29, 1.82) is 0 Å². The first-order valence-electron chi connectivity index (χ1n) is 4.70. The van der Waals surface area contributed by atoms with Gasteiger partial charge in [0.15, 0.2) is 5.78 Å². The van der Waals surface area contributed by atoms with Crippen LogP contribution in [0.1, 0.15) is 6.42 Å². The first kappa shape index (κ1) is 9.06. The van der Waals surface area contributed by atoms with E-state index in [1.807, 2.05) is 24.3 Å². The molecule has 1 heterocycles. The Balaban J connectivity index is 2.13. The van der Waals surface area contributed by atoms with Crippen molar-refractivity contribution in [3.63, 3.8) is 0 Å². The molecule has 0 radical (unpaired) electrons. The van der Waals surface area contributed by atoms with Gasteiger partial charge in [-0.15, -0.1) is 0 Å². The Hall–Kier alpha value is -1.51. The summed E-state index contributed by atoms with van der Waals surface area (Å²) in [7, 11) is 1.65. The molecule has 0 amide bonds. The molecule has 1 aromatic carbocycles. The Morgan fingerprint density at radius 3 is 2.50 bits per heavy atom. The van der Waals surface area contributed by atoms with E-state index in [-0.39, 0.29) is 0 Å². The van der Waals surface area contributed by atoms with Crippen molar-refractivity contribution < 1.29 is 9.53 Å². The topological polar surface area (TPSA) is 29.5 Å². The third-order valence-electron chi connectivity index (χ3n) is 2.47. The molecule has 0 aromatic heterocycles. The van der Waals surface area contributed by atoms with E-state index in [1.54, 1.807) is 7.11 Å². The van der Waals surface area contributed by atoms with Gasteiger partial charge in [0.2, 0.25) is 0 Å². The molecule has 74 valence electrons. The summed E-state index contributed by atoms with van der Waals surface area (Å²) < 4.78 is 5.07. The summed E-state index contributed by atoms with van der Waals surface area (Å²) in [4.78, 5) is 13.2. The minimum Gasteiger partial charge on any atom is -0.497 e. The lowest BCUT2D eigenvalue weighted by atomic mass is 10.3. The number of Topliss-reactive ketones (excluding diaryl/α,β-unsaturated/α-hetero) is 1. The predicted octanol–water partition coefficient (Wildman–Crippen LogP) is 1.47. The number of ketones is 1. The van der Waals surface area contributed by atoms with Crippen molar-refractivity contribution in [3.8, 4) is 5.75 Å². The van der Waals surface area contributed by atoms with Crippen LogP contribution in [0.4, 0.5) is 5.69 Å². The summed E-state index contributed by atoms with van der Waals surface area (Å²) in [6.45, 7) is 1.39. The van der Waals surface area contributed by atoms with E-state index in [0.717, 1.165) is 18.0 Å². The summed E-state index contributed by atoms with van der Waals surface area (Å²) >= 11 is 0. The van der Waals surface area contributed by atoms with Crippen molar-refractivity contribution in [1.82, 2.24) is 0 Å². The summed E-state index contributed by atoms with van der Waals surface area (Å²) in [6.07, 6.45) is 0.673. The number of hydrogen-bond donors (Lipinski definition) is 0. The van der Waals surface area contributed by atoms with Crippen molar-refractivity contribution in [3.05, 3.63) is 24.3 Å². The average molecular weight is 191 g/mol. The predicted molar refractivity (Wildman–Crippen MR) is 54.8 cm³/mol. The Kier molecular flexibility index (Phi) is 2.39. The molecule has 2 rings (SSSR count). The fourth-order valence-corrected chi connectivity index (χ4v) is 1.64. The lowest BCUT2D eigenvalue weighted by Gasteiger charge is -2.16. The smallest absolute Gasteiger partial charge is 0.153 e. The maximum atomic E-state index is 11.1. The van der Waals surface area contributed by atoms with Gasteiger partial charge in [0, 0.05) is 18.7 Å². The highest BCUT2D eigenvalue weighted by atomic mass is 16.5. The molecule has 0 spiro atoms. The molecule has 3 heteroatoms. The molecule has 3 nitrogen and oxygen atoms in total. The molecule has 1 fully saturated rings. The van der Waals surface area contributed by atoms with Gasteiger partial charge in [-0.2, -0.15) is 0 Å². The number of hydrogen-bond acceptors (Lipinski definition) is 3. The van der Waals surface area contributed by atoms with Crippen LogP contribution in [0.3, 0.4) is 0 Å². The highest BCUT2D eigenvalue weighted by Crippen LogP contribution is 2.21. The highest BCUT2D eigenvalue weighted by molar-refractivity contribution is 5.87. The Morgan fingerprint density at radius 1 is 1.29 bits per heavy atom. The maximum Gasteiger partial charge on any atom is 0.153 e. The Morgan fingerprint density at radius 2 is 2.00 bits per heavy atom. The molecule has 1 aliphatic rings. The number of ether oxygens (including phenoxy) is 1. The van der Waals surface area contributed by atoms with Crippen LogP contribution in [0.5, 0.6) is 5.75 Å². The lowest BCUT2D eigenvalue weighted by molar-refractivity contribution is -0.116. The standard InChI is InChI=1S/C11H13NO2/c1-14-11-4-2-9(3-5-11)12-7-6-10(13)8-12/h2-5H,6-8H2,1H3. The maximum absolute atomic E-state index is 11.1. The summed E-state index contributed by atoms with van der Waals surface area (Å²) in [5, 5.41) is 0. The molecular weight excluding hydrogens is 178 g/mol. The average Bonchev–Trinajstić information content (AvgIpc) is 2.65. The third kappa shape index (κ3) is 1.71. The minimum absolute atomic E-state index is 0.320. The van der Waals surface area contributed by atoms with Gasteiger partial charge in [0.05, 0.1) is 13.7 Å². The molecule has 1 aromatic rings. The van der Waals surface area contributed by atoms with Gasteiger partial charge in [-0.3, -0.25) is 4.79 Å². The molecule has 0 bridgehead atoms. The number of carbonyl (C=O) groups excluding carboxylic acids is 1. The number of methoxy groups -OCH3 is 1. The van der Waals surface area contributed by atoms with Gasteiger partial charge >= 0.3 is 0 Å². The van der Waals surface area contributed by atoms with Crippen LogP contribution in [0.15, 0.2) is 24.3 Å². The second-order valence-electron chi connectivity index (χ2n) is 3.41. The monoisotopic (exact) mass is 191 g/mol. The van der Waals surface area contributed by atoms with Gasteiger partial charge in [-0.1, -0.05) is 0 Å². The van der Waals surface area contributed by atoms with Gasteiger partial charge in [0.1, 0.15) is 5.75 Å². The molecule has 0 N–H and O–H groups in total. The van der Waals surface area contributed by atoms with E-state index in [4.69, 9.17) is 4.74 Å². The van der Waals surface area contributed by atoms with E-state index in [9.17, 15) is 4.79 Å². The molecular formula is C11H13NO2. The normalized spacial score (nSPS) is 16.1. The fraction of sp³-hybridized carbons (Fsp3) is 0.364. The molecule has 0 unspecified atom stereocenters. The number of nitrogens with zero attached hydrogens (tertiary/aromatic N) is 1. The van der Waals surface area contributed by atoms with E-state index < -0.39 is 0 Å².